The van der Waals surface area contributed by atoms with E-state index in [1.165, 1.54) is 11.1 Å². The van der Waals surface area contributed by atoms with E-state index in [1.54, 1.807) is 0 Å². The van der Waals surface area contributed by atoms with Gasteiger partial charge in [0.2, 0.25) is 0 Å². The Morgan fingerprint density at radius 1 is 0.682 bits per heavy atom. The highest BCUT2D eigenvalue weighted by molar-refractivity contribution is 6.30. The molecule has 0 aliphatic heterocycles. The van der Waals surface area contributed by atoms with E-state index in [0.717, 1.165) is 33.4 Å². The second-order valence-corrected chi connectivity index (χ2v) is 5.93. The van der Waals surface area contributed by atoms with Crippen molar-refractivity contribution in [1.82, 2.24) is 9.97 Å². The average Bonchev–Trinajstić information content (AvgIpc) is 2.50. The Labute approximate surface area is 135 Å². The minimum Gasteiger partial charge on any atom is -0.233 e. The molecule has 0 radical (unpaired) electrons. The molecule has 3 heteroatoms. The molecule has 0 fully saturated rings. The molecule has 2 nitrogen and oxygen atoms in total. The van der Waals surface area contributed by atoms with E-state index in [1.807, 2.05) is 37.3 Å². The summed E-state index contributed by atoms with van der Waals surface area (Å²) in [5, 5.41) is 0.726. The van der Waals surface area contributed by atoms with Crippen LogP contribution < -0.4 is 0 Å². The lowest BCUT2D eigenvalue weighted by atomic mass is 10.0. The smallest absolute Gasteiger partial charge is 0.126 e. The first-order valence-electron chi connectivity index (χ1n) is 7.22. The molecule has 3 rings (SSSR count). The first kappa shape index (κ1) is 14.7. The van der Waals surface area contributed by atoms with Crippen LogP contribution in [0.2, 0.25) is 5.02 Å². The van der Waals surface area contributed by atoms with E-state index in [0.29, 0.717) is 0 Å². The highest BCUT2D eigenvalue weighted by Crippen LogP contribution is 2.26. The van der Waals surface area contributed by atoms with Crippen LogP contribution in [0.1, 0.15) is 17.0 Å². The molecule has 22 heavy (non-hydrogen) atoms. The normalized spacial score (nSPS) is 10.7. The number of nitrogens with zero attached hydrogens (tertiary/aromatic N) is 2. The molecule has 0 unspecified atom stereocenters. The van der Waals surface area contributed by atoms with E-state index >= 15 is 0 Å². The SMILES string of the molecule is Cc1nc(-c2ccc(Cl)cc2)cc(-c2ccc(C)c(C)c2)n1. The van der Waals surface area contributed by atoms with Crippen LogP contribution in [0.15, 0.2) is 48.5 Å². The van der Waals surface area contributed by atoms with Gasteiger partial charge >= 0.3 is 0 Å². The summed E-state index contributed by atoms with van der Waals surface area (Å²) in [4.78, 5) is 9.13. The Morgan fingerprint density at radius 2 is 1.27 bits per heavy atom. The van der Waals surface area contributed by atoms with E-state index in [2.05, 4.69) is 42.0 Å². The Hall–Kier alpha value is -2.19. The topological polar surface area (TPSA) is 25.8 Å². The van der Waals surface area contributed by atoms with Gasteiger partial charge in [-0.1, -0.05) is 35.9 Å². The van der Waals surface area contributed by atoms with Crippen LogP contribution in [-0.4, -0.2) is 9.97 Å². The first-order chi connectivity index (χ1) is 10.5. The molecular formula is C19H17ClN2. The number of benzene rings is 2. The summed E-state index contributed by atoms with van der Waals surface area (Å²) >= 11 is 5.96. The van der Waals surface area contributed by atoms with E-state index in [9.17, 15) is 0 Å². The number of rotatable bonds is 2. The van der Waals surface area contributed by atoms with Crippen molar-refractivity contribution in [3.05, 3.63) is 70.5 Å². The van der Waals surface area contributed by atoms with Gasteiger partial charge in [0.05, 0.1) is 11.4 Å². The maximum Gasteiger partial charge on any atom is 0.126 e. The minimum atomic E-state index is 0.726. The highest BCUT2D eigenvalue weighted by Gasteiger charge is 2.07. The quantitative estimate of drug-likeness (QED) is 0.634. The third-order valence-electron chi connectivity index (χ3n) is 3.78. The second-order valence-electron chi connectivity index (χ2n) is 5.49. The first-order valence-corrected chi connectivity index (χ1v) is 7.60. The van der Waals surface area contributed by atoms with Crippen molar-refractivity contribution in [1.29, 1.82) is 0 Å². The maximum absolute atomic E-state index is 5.96. The van der Waals surface area contributed by atoms with Crippen molar-refractivity contribution in [2.75, 3.05) is 0 Å². The lowest BCUT2D eigenvalue weighted by Gasteiger charge is -2.08. The molecule has 0 amide bonds. The summed E-state index contributed by atoms with van der Waals surface area (Å²) in [5.41, 5.74) is 6.57. The van der Waals surface area contributed by atoms with Crippen molar-refractivity contribution in [3.63, 3.8) is 0 Å². The molecule has 1 heterocycles. The van der Waals surface area contributed by atoms with Crippen molar-refractivity contribution in [2.45, 2.75) is 20.8 Å². The molecule has 110 valence electrons. The fraction of sp³-hybridized carbons (Fsp3) is 0.158. The van der Waals surface area contributed by atoms with Crippen LogP contribution in [0.5, 0.6) is 0 Å². The van der Waals surface area contributed by atoms with Crippen molar-refractivity contribution < 1.29 is 0 Å². The average molecular weight is 309 g/mol. The molecule has 1 aromatic heterocycles. The van der Waals surface area contributed by atoms with Crippen LogP contribution in [-0.2, 0) is 0 Å². The third kappa shape index (κ3) is 3.02. The van der Waals surface area contributed by atoms with Gasteiger partial charge in [0, 0.05) is 16.1 Å². The van der Waals surface area contributed by atoms with Gasteiger partial charge in [-0.25, -0.2) is 9.97 Å². The number of hydrogen-bond acceptors (Lipinski definition) is 2. The summed E-state index contributed by atoms with van der Waals surface area (Å²) in [6, 6.07) is 16.2. The number of hydrogen-bond donors (Lipinski definition) is 0. The van der Waals surface area contributed by atoms with Gasteiger partial charge < -0.3 is 0 Å². The summed E-state index contributed by atoms with van der Waals surface area (Å²) in [7, 11) is 0. The number of aryl methyl sites for hydroxylation is 3. The molecule has 0 aliphatic rings. The van der Waals surface area contributed by atoms with Gasteiger partial charge in [-0.15, -0.1) is 0 Å². The van der Waals surface area contributed by atoms with Crippen molar-refractivity contribution in [3.8, 4) is 22.5 Å². The van der Waals surface area contributed by atoms with Crippen LogP contribution in [0.25, 0.3) is 22.5 Å². The summed E-state index contributed by atoms with van der Waals surface area (Å²) in [5.74, 6) is 0.765. The molecular weight excluding hydrogens is 292 g/mol. The molecule has 0 N–H and O–H groups in total. The molecule has 0 atom stereocenters. The fourth-order valence-electron chi connectivity index (χ4n) is 2.38. The van der Waals surface area contributed by atoms with Crippen LogP contribution >= 0.6 is 11.6 Å². The van der Waals surface area contributed by atoms with Gasteiger partial charge in [-0.3, -0.25) is 0 Å². The lowest BCUT2D eigenvalue weighted by Crippen LogP contribution is -1.95. The fourth-order valence-corrected chi connectivity index (χ4v) is 2.51. The summed E-state index contributed by atoms with van der Waals surface area (Å²) < 4.78 is 0. The molecule has 0 saturated heterocycles. The lowest BCUT2D eigenvalue weighted by molar-refractivity contribution is 1.06. The van der Waals surface area contributed by atoms with E-state index in [-0.39, 0.29) is 0 Å². The Balaban J connectivity index is 2.09. The number of aromatic nitrogens is 2. The predicted octanol–water partition coefficient (Wildman–Crippen LogP) is 5.39. The Morgan fingerprint density at radius 3 is 1.91 bits per heavy atom. The van der Waals surface area contributed by atoms with Gasteiger partial charge in [0.1, 0.15) is 5.82 Å². The zero-order valence-corrected chi connectivity index (χ0v) is 13.6. The largest absolute Gasteiger partial charge is 0.233 e. The highest BCUT2D eigenvalue weighted by atomic mass is 35.5. The zero-order chi connectivity index (χ0) is 15.7. The van der Waals surface area contributed by atoms with Crippen LogP contribution in [0.4, 0.5) is 0 Å². The summed E-state index contributed by atoms with van der Waals surface area (Å²) in [6.07, 6.45) is 0. The summed E-state index contributed by atoms with van der Waals surface area (Å²) in [6.45, 7) is 6.15. The van der Waals surface area contributed by atoms with Gasteiger partial charge in [-0.2, -0.15) is 0 Å². The minimum absolute atomic E-state index is 0.726. The maximum atomic E-state index is 5.96. The second kappa shape index (κ2) is 5.90. The third-order valence-corrected chi connectivity index (χ3v) is 4.03. The van der Waals surface area contributed by atoms with Crippen LogP contribution in [0, 0.1) is 20.8 Å². The van der Waals surface area contributed by atoms with Gasteiger partial charge in [0.25, 0.3) is 0 Å². The Bertz CT molecular complexity index is 823. The van der Waals surface area contributed by atoms with Crippen molar-refractivity contribution in [2.24, 2.45) is 0 Å². The standard InChI is InChI=1S/C19H17ClN2/c1-12-4-5-16(10-13(12)2)19-11-18(21-14(3)22-19)15-6-8-17(20)9-7-15/h4-11H,1-3H3. The molecule has 2 aromatic carbocycles. The monoisotopic (exact) mass is 308 g/mol. The van der Waals surface area contributed by atoms with Crippen LogP contribution in [0.3, 0.4) is 0 Å². The predicted molar refractivity (Wildman–Crippen MR) is 92.1 cm³/mol. The van der Waals surface area contributed by atoms with Crippen molar-refractivity contribution >= 4 is 11.6 Å². The molecule has 0 aliphatic carbocycles. The van der Waals surface area contributed by atoms with Gasteiger partial charge in [-0.05, 0) is 56.2 Å². The van der Waals surface area contributed by atoms with E-state index in [4.69, 9.17) is 11.6 Å². The van der Waals surface area contributed by atoms with Gasteiger partial charge in [0.15, 0.2) is 0 Å². The van der Waals surface area contributed by atoms with E-state index < -0.39 is 0 Å². The molecule has 3 aromatic rings. The zero-order valence-electron chi connectivity index (χ0n) is 12.9. The Kier molecular flexibility index (Phi) is 3.95. The number of halogens is 1. The molecule has 0 bridgehead atoms. The molecule has 0 spiro atoms. The molecule has 0 saturated carbocycles.